The summed E-state index contributed by atoms with van der Waals surface area (Å²) in [4.78, 5) is 3.31. The lowest BCUT2D eigenvalue weighted by Gasteiger charge is -2.26. The van der Waals surface area contributed by atoms with Crippen LogP contribution < -0.4 is 4.74 Å². The Labute approximate surface area is 85.1 Å². The van der Waals surface area contributed by atoms with E-state index in [1.807, 2.05) is 0 Å². The van der Waals surface area contributed by atoms with Crippen molar-refractivity contribution in [1.29, 1.82) is 0 Å². The van der Waals surface area contributed by atoms with Crippen LogP contribution in [-0.4, -0.2) is 11.1 Å². The average Bonchev–Trinajstić information content (AvgIpc) is 2.11. The predicted molar refractivity (Wildman–Crippen MR) is 47.5 cm³/mol. The standard InChI is InChI=1S/C10H10F3NO/c11-10(12,13)9-5-4-8(6-14-9)15-7-2-1-3-7/h4-7H,1-3H2. The summed E-state index contributed by atoms with van der Waals surface area (Å²) in [6.07, 6.45) is -0.0276. The molecule has 0 radical (unpaired) electrons. The fraction of sp³-hybridized carbons (Fsp3) is 0.500. The second kappa shape index (κ2) is 3.72. The average molecular weight is 217 g/mol. The van der Waals surface area contributed by atoms with E-state index in [2.05, 4.69) is 4.98 Å². The highest BCUT2D eigenvalue weighted by molar-refractivity contribution is 5.21. The van der Waals surface area contributed by atoms with E-state index in [1.54, 1.807) is 0 Å². The number of aromatic nitrogens is 1. The van der Waals surface area contributed by atoms with E-state index in [0.717, 1.165) is 31.5 Å². The van der Waals surface area contributed by atoms with Crippen molar-refractivity contribution in [1.82, 2.24) is 4.98 Å². The van der Waals surface area contributed by atoms with Crippen LogP contribution in [0.4, 0.5) is 13.2 Å². The van der Waals surface area contributed by atoms with Gasteiger partial charge in [0.2, 0.25) is 0 Å². The van der Waals surface area contributed by atoms with E-state index >= 15 is 0 Å². The molecule has 0 aliphatic heterocycles. The van der Waals surface area contributed by atoms with Crippen LogP contribution in [0.3, 0.4) is 0 Å². The van der Waals surface area contributed by atoms with Crippen molar-refractivity contribution >= 4 is 0 Å². The molecule has 0 saturated heterocycles. The van der Waals surface area contributed by atoms with Crippen LogP contribution >= 0.6 is 0 Å². The Balaban J connectivity index is 2.03. The molecule has 1 heterocycles. The van der Waals surface area contributed by atoms with Crippen LogP contribution in [0.2, 0.25) is 0 Å². The molecule has 82 valence electrons. The van der Waals surface area contributed by atoms with E-state index in [1.165, 1.54) is 6.07 Å². The Bertz CT molecular complexity index is 330. The van der Waals surface area contributed by atoms with Gasteiger partial charge in [-0.3, -0.25) is 0 Å². The molecule has 0 atom stereocenters. The van der Waals surface area contributed by atoms with Gasteiger partial charge in [-0.05, 0) is 31.4 Å². The highest BCUT2D eigenvalue weighted by atomic mass is 19.4. The lowest BCUT2D eigenvalue weighted by atomic mass is 9.96. The molecule has 0 amide bonds. The zero-order chi connectivity index (χ0) is 10.9. The number of ether oxygens (including phenoxy) is 1. The molecule has 2 nitrogen and oxygen atoms in total. The number of rotatable bonds is 2. The van der Waals surface area contributed by atoms with Gasteiger partial charge in [0.25, 0.3) is 0 Å². The summed E-state index contributed by atoms with van der Waals surface area (Å²) in [7, 11) is 0. The molecule has 2 rings (SSSR count). The van der Waals surface area contributed by atoms with Crippen molar-refractivity contribution < 1.29 is 17.9 Å². The maximum Gasteiger partial charge on any atom is 0.433 e. The minimum absolute atomic E-state index is 0.156. The zero-order valence-electron chi connectivity index (χ0n) is 7.92. The quantitative estimate of drug-likeness (QED) is 0.759. The highest BCUT2D eigenvalue weighted by Crippen LogP contribution is 2.29. The van der Waals surface area contributed by atoms with E-state index < -0.39 is 11.9 Å². The highest BCUT2D eigenvalue weighted by Gasteiger charge is 2.32. The first kappa shape index (κ1) is 10.3. The Morgan fingerprint density at radius 2 is 2.00 bits per heavy atom. The molecule has 1 aliphatic carbocycles. The lowest BCUT2D eigenvalue weighted by molar-refractivity contribution is -0.141. The Morgan fingerprint density at radius 3 is 2.40 bits per heavy atom. The van der Waals surface area contributed by atoms with Crippen molar-refractivity contribution in [3.63, 3.8) is 0 Å². The number of pyridine rings is 1. The Hall–Kier alpha value is -1.26. The van der Waals surface area contributed by atoms with E-state index in [9.17, 15) is 13.2 Å². The van der Waals surface area contributed by atoms with Crippen molar-refractivity contribution in [2.24, 2.45) is 0 Å². The van der Waals surface area contributed by atoms with E-state index in [-0.39, 0.29) is 6.10 Å². The first-order valence-electron chi connectivity index (χ1n) is 4.75. The molecule has 0 N–H and O–H groups in total. The smallest absolute Gasteiger partial charge is 0.433 e. The fourth-order valence-electron chi connectivity index (χ4n) is 1.30. The van der Waals surface area contributed by atoms with E-state index in [0.29, 0.717) is 5.75 Å². The molecule has 15 heavy (non-hydrogen) atoms. The number of hydrogen-bond acceptors (Lipinski definition) is 2. The summed E-state index contributed by atoms with van der Waals surface area (Å²) in [6.45, 7) is 0. The van der Waals surface area contributed by atoms with Crippen molar-refractivity contribution in [3.8, 4) is 5.75 Å². The van der Waals surface area contributed by atoms with Gasteiger partial charge in [0.1, 0.15) is 11.4 Å². The molecule has 1 fully saturated rings. The molecule has 1 aromatic rings. The monoisotopic (exact) mass is 217 g/mol. The molecule has 0 unspecified atom stereocenters. The van der Waals surface area contributed by atoms with Crippen molar-refractivity contribution in [2.75, 3.05) is 0 Å². The fourth-order valence-corrected chi connectivity index (χ4v) is 1.30. The summed E-state index contributed by atoms with van der Waals surface area (Å²) >= 11 is 0. The summed E-state index contributed by atoms with van der Waals surface area (Å²) in [5, 5.41) is 0. The van der Waals surface area contributed by atoms with Crippen molar-refractivity contribution in [3.05, 3.63) is 24.0 Å². The normalized spacial score (nSPS) is 17.3. The first-order valence-corrected chi connectivity index (χ1v) is 4.75. The largest absolute Gasteiger partial charge is 0.489 e. The minimum atomic E-state index is -4.38. The molecule has 1 aromatic heterocycles. The second-order valence-corrected chi connectivity index (χ2v) is 3.55. The Kier molecular flexibility index (Phi) is 2.54. The molecule has 1 aliphatic rings. The summed E-state index contributed by atoms with van der Waals surface area (Å²) in [5.74, 6) is 0.410. The number of nitrogens with zero attached hydrogens (tertiary/aromatic N) is 1. The van der Waals surface area contributed by atoms with Crippen LogP contribution in [0.1, 0.15) is 25.0 Å². The van der Waals surface area contributed by atoms with Gasteiger partial charge in [-0.1, -0.05) is 0 Å². The molecular weight excluding hydrogens is 207 g/mol. The van der Waals surface area contributed by atoms with Gasteiger partial charge in [-0.2, -0.15) is 13.2 Å². The SMILES string of the molecule is FC(F)(F)c1ccc(OC2CCC2)cn1. The maximum atomic E-state index is 12.2. The number of alkyl halides is 3. The predicted octanol–water partition coefficient (Wildman–Crippen LogP) is 3.03. The molecule has 0 bridgehead atoms. The van der Waals surface area contributed by atoms with Crippen LogP contribution in [0, 0.1) is 0 Å². The number of hydrogen-bond donors (Lipinski definition) is 0. The van der Waals surface area contributed by atoms with E-state index in [4.69, 9.17) is 4.74 Å². The third-order valence-electron chi connectivity index (χ3n) is 2.38. The van der Waals surface area contributed by atoms with Gasteiger partial charge in [0, 0.05) is 0 Å². The van der Waals surface area contributed by atoms with Crippen LogP contribution in [-0.2, 0) is 6.18 Å². The summed E-state index contributed by atoms with van der Waals surface area (Å²) in [6, 6.07) is 2.25. The van der Waals surface area contributed by atoms with Gasteiger partial charge in [0.05, 0.1) is 12.3 Å². The van der Waals surface area contributed by atoms with Gasteiger partial charge in [0.15, 0.2) is 0 Å². The maximum absolute atomic E-state index is 12.2. The van der Waals surface area contributed by atoms with Gasteiger partial charge in [-0.25, -0.2) is 4.98 Å². The molecular formula is C10H10F3NO. The third kappa shape index (κ3) is 2.40. The third-order valence-corrected chi connectivity index (χ3v) is 2.38. The van der Waals surface area contributed by atoms with Gasteiger partial charge >= 0.3 is 6.18 Å². The zero-order valence-corrected chi connectivity index (χ0v) is 7.92. The summed E-state index contributed by atoms with van der Waals surface area (Å²) < 4.78 is 41.9. The number of halogens is 3. The topological polar surface area (TPSA) is 22.1 Å². The minimum Gasteiger partial charge on any atom is -0.489 e. The van der Waals surface area contributed by atoms with Crippen LogP contribution in [0.5, 0.6) is 5.75 Å². The van der Waals surface area contributed by atoms with Crippen molar-refractivity contribution in [2.45, 2.75) is 31.5 Å². The van der Waals surface area contributed by atoms with Crippen LogP contribution in [0.25, 0.3) is 0 Å². The lowest BCUT2D eigenvalue weighted by Crippen LogP contribution is -2.24. The molecule has 0 aromatic carbocycles. The molecule has 1 saturated carbocycles. The first-order chi connectivity index (χ1) is 7.05. The van der Waals surface area contributed by atoms with Gasteiger partial charge < -0.3 is 4.74 Å². The van der Waals surface area contributed by atoms with Crippen LogP contribution in [0.15, 0.2) is 18.3 Å². The van der Waals surface area contributed by atoms with Gasteiger partial charge in [-0.15, -0.1) is 0 Å². The molecule has 5 heteroatoms. The molecule has 0 spiro atoms. The Morgan fingerprint density at radius 1 is 1.27 bits per heavy atom. The second-order valence-electron chi connectivity index (χ2n) is 3.55. The summed E-state index contributed by atoms with van der Waals surface area (Å²) in [5.41, 5.74) is -0.886.